The maximum atomic E-state index is 12.4. The van der Waals surface area contributed by atoms with Gasteiger partial charge in [-0.2, -0.15) is 0 Å². The number of carbonyl (C=O) groups is 2. The summed E-state index contributed by atoms with van der Waals surface area (Å²) in [5.41, 5.74) is 7.21. The summed E-state index contributed by atoms with van der Waals surface area (Å²) in [6.07, 6.45) is 0.690. The lowest BCUT2D eigenvalue weighted by atomic mass is 10.1. The van der Waals surface area contributed by atoms with Gasteiger partial charge in [0.2, 0.25) is 0 Å². The third-order valence-electron chi connectivity index (χ3n) is 3.37. The Morgan fingerprint density at radius 2 is 2.09 bits per heavy atom. The fourth-order valence-corrected chi connectivity index (χ4v) is 3.44. The van der Waals surface area contributed by atoms with Gasteiger partial charge in [-0.05, 0) is 37.1 Å². The van der Waals surface area contributed by atoms with Crippen LogP contribution in [0.25, 0.3) is 0 Å². The molecule has 0 radical (unpaired) electrons. The molecule has 0 unspecified atom stereocenters. The number of rotatable bonds is 5. The van der Waals surface area contributed by atoms with Crippen LogP contribution < -0.4 is 15.8 Å². The molecule has 1 aromatic carbocycles. The summed E-state index contributed by atoms with van der Waals surface area (Å²) < 4.78 is 5.11. The maximum Gasteiger partial charge on any atom is 0.256 e. The summed E-state index contributed by atoms with van der Waals surface area (Å²) in [6.45, 7) is 3.87. The Balaban J connectivity index is 2.34. The van der Waals surface area contributed by atoms with E-state index < -0.39 is 5.91 Å². The van der Waals surface area contributed by atoms with E-state index >= 15 is 0 Å². The van der Waals surface area contributed by atoms with Gasteiger partial charge in [0.1, 0.15) is 10.8 Å². The lowest BCUT2D eigenvalue weighted by molar-refractivity contribution is 0.100. The predicted octanol–water partition coefficient (Wildman–Crippen LogP) is 2.98. The molecule has 0 aliphatic heterocycles. The van der Waals surface area contributed by atoms with E-state index in [1.54, 1.807) is 31.4 Å². The Morgan fingerprint density at radius 1 is 1.36 bits per heavy atom. The third-order valence-corrected chi connectivity index (χ3v) is 4.43. The molecule has 0 saturated carbocycles. The van der Waals surface area contributed by atoms with Crippen molar-refractivity contribution in [3.05, 3.63) is 45.8 Å². The van der Waals surface area contributed by atoms with E-state index in [4.69, 9.17) is 10.5 Å². The number of amides is 2. The molecule has 5 nitrogen and oxygen atoms in total. The highest BCUT2D eigenvalue weighted by molar-refractivity contribution is 7.16. The molecule has 0 fully saturated rings. The number of thiophene rings is 1. The Kier molecular flexibility index (Phi) is 4.82. The van der Waals surface area contributed by atoms with E-state index in [0.717, 1.165) is 10.4 Å². The Morgan fingerprint density at radius 3 is 2.68 bits per heavy atom. The van der Waals surface area contributed by atoms with Gasteiger partial charge in [0, 0.05) is 10.4 Å². The smallest absolute Gasteiger partial charge is 0.256 e. The average molecular weight is 318 g/mol. The van der Waals surface area contributed by atoms with Crippen LogP contribution in [0.4, 0.5) is 5.00 Å². The zero-order valence-electron chi connectivity index (χ0n) is 12.7. The van der Waals surface area contributed by atoms with Crippen molar-refractivity contribution in [2.24, 2.45) is 5.73 Å². The number of carbonyl (C=O) groups excluding carboxylic acids is 2. The highest BCUT2D eigenvalue weighted by Crippen LogP contribution is 2.33. The van der Waals surface area contributed by atoms with Crippen molar-refractivity contribution in [3.63, 3.8) is 0 Å². The average Bonchev–Trinajstić information content (AvgIpc) is 2.82. The first-order chi connectivity index (χ1) is 10.5. The molecule has 0 saturated heterocycles. The SMILES string of the molecule is CCc1c(C)sc(NC(=O)c2cccc(OC)c2)c1C(N)=O. The minimum Gasteiger partial charge on any atom is -0.497 e. The number of nitrogens with two attached hydrogens (primary N) is 1. The standard InChI is InChI=1S/C16H18N2O3S/c1-4-12-9(2)22-16(13(12)14(17)19)18-15(20)10-6-5-7-11(8-10)21-3/h5-8H,4H2,1-3H3,(H2,17,19)(H,18,20). The van der Waals surface area contributed by atoms with Crippen molar-refractivity contribution in [2.45, 2.75) is 20.3 Å². The summed E-state index contributed by atoms with van der Waals surface area (Å²) in [4.78, 5) is 25.0. The molecule has 0 aliphatic carbocycles. The lowest BCUT2D eigenvalue weighted by Gasteiger charge is -2.07. The van der Waals surface area contributed by atoms with Crippen LogP contribution in [-0.4, -0.2) is 18.9 Å². The number of benzene rings is 1. The van der Waals surface area contributed by atoms with Gasteiger partial charge in [-0.3, -0.25) is 9.59 Å². The first-order valence-corrected chi connectivity index (χ1v) is 7.67. The summed E-state index contributed by atoms with van der Waals surface area (Å²) >= 11 is 1.36. The fraction of sp³-hybridized carbons (Fsp3) is 0.250. The second kappa shape index (κ2) is 6.62. The number of hydrogen-bond donors (Lipinski definition) is 2. The minimum atomic E-state index is -0.526. The maximum absolute atomic E-state index is 12.4. The molecule has 0 aliphatic rings. The Bertz CT molecular complexity index is 722. The van der Waals surface area contributed by atoms with E-state index in [2.05, 4.69) is 5.32 Å². The molecule has 2 aromatic rings. The second-order valence-corrected chi connectivity index (χ2v) is 5.97. The van der Waals surface area contributed by atoms with Gasteiger partial charge in [-0.15, -0.1) is 11.3 Å². The van der Waals surface area contributed by atoms with E-state index in [-0.39, 0.29) is 5.91 Å². The summed E-state index contributed by atoms with van der Waals surface area (Å²) in [5, 5.41) is 3.27. The van der Waals surface area contributed by atoms with Gasteiger partial charge in [-0.25, -0.2) is 0 Å². The molecule has 1 heterocycles. The van der Waals surface area contributed by atoms with Crippen molar-refractivity contribution in [2.75, 3.05) is 12.4 Å². The van der Waals surface area contributed by atoms with Gasteiger partial charge in [0.15, 0.2) is 0 Å². The largest absolute Gasteiger partial charge is 0.497 e. The molecule has 22 heavy (non-hydrogen) atoms. The number of hydrogen-bond acceptors (Lipinski definition) is 4. The Labute approximate surface area is 133 Å². The summed E-state index contributed by atoms with van der Waals surface area (Å²) in [6, 6.07) is 6.82. The zero-order chi connectivity index (χ0) is 16.3. The van der Waals surface area contributed by atoms with Crippen LogP contribution in [0.2, 0.25) is 0 Å². The van der Waals surface area contributed by atoms with Crippen molar-refractivity contribution < 1.29 is 14.3 Å². The number of methoxy groups -OCH3 is 1. The quantitative estimate of drug-likeness (QED) is 0.889. The predicted molar refractivity (Wildman–Crippen MR) is 87.9 cm³/mol. The lowest BCUT2D eigenvalue weighted by Crippen LogP contribution is -2.18. The van der Waals surface area contributed by atoms with Crippen LogP contribution in [0.3, 0.4) is 0 Å². The van der Waals surface area contributed by atoms with E-state index in [9.17, 15) is 9.59 Å². The molecule has 3 N–H and O–H groups in total. The molecule has 116 valence electrons. The number of ether oxygens (including phenoxy) is 1. The van der Waals surface area contributed by atoms with Crippen LogP contribution in [0.1, 0.15) is 38.1 Å². The number of nitrogens with one attached hydrogen (secondary N) is 1. The number of anilines is 1. The van der Waals surface area contributed by atoms with E-state index in [1.807, 2.05) is 13.8 Å². The molecule has 0 atom stereocenters. The van der Waals surface area contributed by atoms with E-state index in [0.29, 0.717) is 28.3 Å². The molecular weight excluding hydrogens is 300 g/mol. The topological polar surface area (TPSA) is 81.4 Å². The molecular formula is C16H18N2O3S. The molecule has 2 rings (SSSR count). The van der Waals surface area contributed by atoms with Gasteiger partial charge in [0.05, 0.1) is 12.7 Å². The normalized spacial score (nSPS) is 10.3. The van der Waals surface area contributed by atoms with Crippen LogP contribution in [0, 0.1) is 6.92 Å². The van der Waals surface area contributed by atoms with Crippen molar-refractivity contribution in [3.8, 4) is 5.75 Å². The van der Waals surface area contributed by atoms with Gasteiger partial charge in [0.25, 0.3) is 11.8 Å². The molecule has 1 aromatic heterocycles. The van der Waals surface area contributed by atoms with Crippen molar-refractivity contribution in [1.82, 2.24) is 0 Å². The van der Waals surface area contributed by atoms with Gasteiger partial charge < -0.3 is 15.8 Å². The number of primary amides is 1. The Hall–Kier alpha value is -2.34. The molecule has 0 bridgehead atoms. The highest BCUT2D eigenvalue weighted by Gasteiger charge is 2.21. The van der Waals surface area contributed by atoms with Crippen LogP contribution >= 0.6 is 11.3 Å². The monoisotopic (exact) mass is 318 g/mol. The third kappa shape index (κ3) is 3.12. The van der Waals surface area contributed by atoms with Crippen LogP contribution in [0.5, 0.6) is 5.75 Å². The summed E-state index contributed by atoms with van der Waals surface area (Å²) in [5.74, 6) is -0.230. The van der Waals surface area contributed by atoms with Gasteiger partial charge in [-0.1, -0.05) is 13.0 Å². The molecule has 0 spiro atoms. The first-order valence-electron chi connectivity index (χ1n) is 6.85. The van der Waals surface area contributed by atoms with Crippen molar-refractivity contribution >= 4 is 28.2 Å². The first kappa shape index (κ1) is 16.0. The highest BCUT2D eigenvalue weighted by atomic mass is 32.1. The van der Waals surface area contributed by atoms with E-state index in [1.165, 1.54) is 11.3 Å². The zero-order valence-corrected chi connectivity index (χ0v) is 13.5. The fourth-order valence-electron chi connectivity index (χ4n) is 2.29. The van der Waals surface area contributed by atoms with Crippen LogP contribution in [-0.2, 0) is 6.42 Å². The number of aryl methyl sites for hydroxylation is 1. The minimum absolute atomic E-state index is 0.301. The molecule has 6 heteroatoms. The van der Waals surface area contributed by atoms with Crippen molar-refractivity contribution in [1.29, 1.82) is 0 Å². The molecule has 2 amide bonds. The second-order valence-electron chi connectivity index (χ2n) is 4.74. The summed E-state index contributed by atoms with van der Waals surface area (Å²) in [7, 11) is 1.54. The van der Waals surface area contributed by atoms with Gasteiger partial charge >= 0.3 is 0 Å². The van der Waals surface area contributed by atoms with Crippen LogP contribution in [0.15, 0.2) is 24.3 Å².